The van der Waals surface area contributed by atoms with Gasteiger partial charge in [-0.1, -0.05) is 0 Å². The number of hydrogen-bond donors (Lipinski definition) is 1. The standard InChI is InChI=1S/C6H13N3O3.Na/c10-5-6-3-1-2-4-8(6)9(12)7-11;/h6,10-11H,1-5H2;/q;+1/p-1/b9-7-;/t6-;/m0./s1. The Morgan fingerprint density at radius 1 is 1.54 bits per heavy atom. The molecule has 1 aliphatic heterocycles. The normalized spacial score (nSPS) is 23.9. The summed E-state index contributed by atoms with van der Waals surface area (Å²) in [6.07, 6.45) is 2.59. The third kappa shape index (κ3) is 3.30. The van der Waals surface area contributed by atoms with Gasteiger partial charge in [0, 0.05) is 4.97 Å². The number of piperidine rings is 1. The van der Waals surface area contributed by atoms with Crippen molar-refractivity contribution < 1.29 is 39.6 Å². The monoisotopic (exact) mass is 197 g/mol. The topological polar surface area (TPSA) is 85.0 Å². The second kappa shape index (κ2) is 6.42. The summed E-state index contributed by atoms with van der Waals surface area (Å²) < 4.78 is 0. The van der Waals surface area contributed by atoms with Gasteiger partial charge in [-0.15, -0.1) is 5.01 Å². The van der Waals surface area contributed by atoms with Crippen molar-refractivity contribution in [3.8, 4) is 0 Å². The number of aliphatic hydroxyl groups is 1. The van der Waals surface area contributed by atoms with Gasteiger partial charge in [0.15, 0.2) is 0 Å². The first-order valence-electron chi connectivity index (χ1n) is 3.97. The van der Waals surface area contributed by atoms with Crippen molar-refractivity contribution in [2.24, 2.45) is 5.28 Å². The van der Waals surface area contributed by atoms with Crippen LogP contribution in [0.25, 0.3) is 0 Å². The summed E-state index contributed by atoms with van der Waals surface area (Å²) in [4.78, 5) is 0.0278. The molecule has 0 spiro atoms. The van der Waals surface area contributed by atoms with Crippen LogP contribution in [0, 0.1) is 10.4 Å². The molecule has 7 heteroatoms. The molecule has 1 heterocycles. The van der Waals surface area contributed by atoms with Crippen LogP contribution in [0.3, 0.4) is 0 Å². The molecule has 0 aromatic rings. The van der Waals surface area contributed by atoms with E-state index in [1.807, 2.05) is 0 Å². The van der Waals surface area contributed by atoms with Gasteiger partial charge in [-0.05, 0) is 24.5 Å². The van der Waals surface area contributed by atoms with Gasteiger partial charge >= 0.3 is 29.6 Å². The average molecular weight is 197 g/mol. The Labute approximate surface area is 98.6 Å². The van der Waals surface area contributed by atoms with Crippen LogP contribution in [-0.4, -0.2) is 34.3 Å². The van der Waals surface area contributed by atoms with E-state index in [9.17, 15) is 10.4 Å². The van der Waals surface area contributed by atoms with E-state index >= 15 is 0 Å². The first-order valence-corrected chi connectivity index (χ1v) is 3.97. The zero-order valence-electron chi connectivity index (χ0n) is 7.72. The fourth-order valence-corrected chi connectivity index (χ4v) is 1.44. The SMILES string of the molecule is [Na+].[O-]/N=[N+](\[O-])N1CCCC[C@H]1CO. The van der Waals surface area contributed by atoms with Gasteiger partial charge in [0.2, 0.25) is 0 Å². The van der Waals surface area contributed by atoms with Crippen molar-refractivity contribution in [1.29, 1.82) is 0 Å². The predicted molar refractivity (Wildman–Crippen MR) is 40.9 cm³/mol. The van der Waals surface area contributed by atoms with E-state index in [4.69, 9.17) is 5.11 Å². The van der Waals surface area contributed by atoms with Gasteiger partial charge in [-0.25, -0.2) is 0 Å². The quantitative estimate of drug-likeness (QED) is 0.224. The largest absolute Gasteiger partial charge is 1.00 e. The van der Waals surface area contributed by atoms with E-state index in [1.165, 1.54) is 5.01 Å². The number of rotatable bonds is 2. The maximum atomic E-state index is 10.8. The molecule has 0 radical (unpaired) electrons. The van der Waals surface area contributed by atoms with E-state index in [-0.39, 0.29) is 47.2 Å². The zero-order valence-corrected chi connectivity index (χ0v) is 9.72. The van der Waals surface area contributed by atoms with Gasteiger partial charge < -0.3 is 15.5 Å². The molecule has 70 valence electrons. The molecule has 1 aliphatic rings. The first kappa shape index (κ1) is 13.0. The Bertz CT molecular complexity index is 179. The summed E-state index contributed by atoms with van der Waals surface area (Å²) in [6.45, 7) is 0.398. The third-order valence-electron chi connectivity index (χ3n) is 2.10. The van der Waals surface area contributed by atoms with Crippen LogP contribution in [0.1, 0.15) is 19.3 Å². The maximum Gasteiger partial charge on any atom is 1.00 e. The molecule has 1 saturated heterocycles. The number of hydrogen-bond acceptors (Lipinski definition) is 4. The Kier molecular flexibility index (Phi) is 6.40. The molecule has 0 aliphatic carbocycles. The predicted octanol–water partition coefficient (Wildman–Crippen LogP) is -2.79. The van der Waals surface area contributed by atoms with Gasteiger partial charge in [0.1, 0.15) is 6.04 Å². The molecule has 0 aromatic heterocycles. The minimum absolute atomic E-state index is 0. The molecule has 1 fully saturated rings. The number of aliphatic hydroxyl groups excluding tert-OH is 1. The van der Waals surface area contributed by atoms with E-state index in [1.54, 1.807) is 0 Å². The van der Waals surface area contributed by atoms with Crippen LogP contribution >= 0.6 is 0 Å². The number of nitrogens with zero attached hydrogens (tertiary/aromatic N) is 3. The van der Waals surface area contributed by atoms with Gasteiger partial charge in [-0.3, -0.25) is 0 Å². The Morgan fingerprint density at radius 2 is 2.23 bits per heavy atom. The zero-order chi connectivity index (χ0) is 8.97. The first-order chi connectivity index (χ1) is 5.79. The second-order valence-corrected chi connectivity index (χ2v) is 2.83. The Morgan fingerprint density at radius 3 is 2.77 bits per heavy atom. The molecule has 6 nitrogen and oxygen atoms in total. The van der Waals surface area contributed by atoms with Crippen molar-refractivity contribution in [2.45, 2.75) is 25.3 Å². The molecular formula is C6H12N3NaO3. The van der Waals surface area contributed by atoms with E-state index in [0.717, 1.165) is 19.3 Å². The second-order valence-electron chi connectivity index (χ2n) is 2.83. The molecule has 0 saturated carbocycles. The molecule has 13 heavy (non-hydrogen) atoms. The van der Waals surface area contributed by atoms with Gasteiger partial charge in [0.05, 0.1) is 13.2 Å². The Hall–Kier alpha value is -0.0400. The summed E-state index contributed by atoms with van der Waals surface area (Å²) in [5.41, 5.74) is 0. The van der Waals surface area contributed by atoms with Crippen LogP contribution in [0.15, 0.2) is 5.28 Å². The molecule has 1 atom stereocenters. The summed E-state index contributed by atoms with van der Waals surface area (Å²) in [5, 5.41) is 33.1. The fourth-order valence-electron chi connectivity index (χ4n) is 1.44. The Balaban J connectivity index is 0.00000144. The minimum Gasteiger partial charge on any atom is -0.737 e. The van der Waals surface area contributed by atoms with Gasteiger partial charge in [0.25, 0.3) is 0 Å². The van der Waals surface area contributed by atoms with Crippen LogP contribution < -0.4 is 29.6 Å². The van der Waals surface area contributed by atoms with Crippen molar-refractivity contribution >= 4 is 0 Å². The molecule has 1 N–H and O–H groups in total. The maximum absolute atomic E-state index is 10.8. The third-order valence-corrected chi connectivity index (χ3v) is 2.10. The van der Waals surface area contributed by atoms with E-state index in [2.05, 4.69) is 5.28 Å². The van der Waals surface area contributed by atoms with Crippen molar-refractivity contribution in [3.63, 3.8) is 0 Å². The van der Waals surface area contributed by atoms with E-state index in [0.29, 0.717) is 6.54 Å². The molecule has 0 aromatic carbocycles. The van der Waals surface area contributed by atoms with Crippen LogP contribution in [0.4, 0.5) is 0 Å². The molecule has 0 unspecified atom stereocenters. The van der Waals surface area contributed by atoms with Crippen LogP contribution in [0.5, 0.6) is 0 Å². The van der Waals surface area contributed by atoms with Gasteiger partial charge in [-0.2, -0.15) is 0 Å². The van der Waals surface area contributed by atoms with Crippen molar-refractivity contribution in [2.75, 3.05) is 13.2 Å². The molecule has 0 bridgehead atoms. The summed E-state index contributed by atoms with van der Waals surface area (Å²) in [6, 6.07) is -0.242. The smallest absolute Gasteiger partial charge is 0.737 e. The molecular weight excluding hydrogens is 185 g/mol. The molecule has 0 amide bonds. The van der Waals surface area contributed by atoms with Crippen molar-refractivity contribution in [1.82, 2.24) is 5.01 Å². The van der Waals surface area contributed by atoms with E-state index < -0.39 is 0 Å². The average Bonchev–Trinajstić information content (AvgIpc) is 2.16. The summed E-state index contributed by atoms with van der Waals surface area (Å²) >= 11 is 0. The number of hydrazine groups is 1. The molecule has 1 rings (SSSR count). The van der Waals surface area contributed by atoms with Crippen LogP contribution in [-0.2, 0) is 0 Å². The fraction of sp³-hybridized carbons (Fsp3) is 1.00. The summed E-state index contributed by atoms with van der Waals surface area (Å²) in [7, 11) is 0. The van der Waals surface area contributed by atoms with Crippen molar-refractivity contribution in [3.05, 3.63) is 10.4 Å². The summed E-state index contributed by atoms with van der Waals surface area (Å²) in [5.74, 6) is 0. The van der Waals surface area contributed by atoms with Crippen LogP contribution in [0.2, 0.25) is 0 Å². The minimum atomic E-state index is -0.242.